The molecule has 1 aromatic rings. The van der Waals surface area contributed by atoms with Crippen molar-refractivity contribution in [3.63, 3.8) is 0 Å². The Bertz CT molecular complexity index is 690. The third-order valence-corrected chi connectivity index (χ3v) is 4.79. The molecule has 0 aromatic heterocycles. The van der Waals surface area contributed by atoms with Crippen LogP contribution in [-0.2, 0) is 14.6 Å². The van der Waals surface area contributed by atoms with Gasteiger partial charge in [-0.1, -0.05) is 12.1 Å². The van der Waals surface area contributed by atoms with Crippen molar-refractivity contribution in [2.75, 3.05) is 39.5 Å². The molecule has 2 N–H and O–H groups in total. The summed E-state index contributed by atoms with van der Waals surface area (Å²) in [6.45, 7) is 2.39. The largest absolute Gasteiger partial charge is 0.357 e. The lowest BCUT2D eigenvalue weighted by molar-refractivity contribution is -0.127. The van der Waals surface area contributed by atoms with E-state index in [4.69, 9.17) is 0 Å². The first-order chi connectivity index (χ1) is 11.3. The van der Waals surface area contributed by atoms with Gasteiger partial charge >= 0.3 is 0 Å². The number of aliphatic imine (C=N–C) groups is 1. The highest BCUT2D eigenvalue weighted by molar-refractivity contribution is 7.91. The topological polar surface area (TPSA) is 90.9 Å². The first kappa shape index (κ1) is 19.9. The molecule has 0 aliphatic heterocycles. The van der Waals surface area contributed by atoms with E-state index in [0.717, 1.165) is 6.07 Å². The second-order valence-corrected chi connectivity index (χ2v) is 7.24. The number of hydrogen-bond acceptors (Lipinski definition) is 4. The Balaban J connectivity index is 2.66. The summed E-state index contributed by atoms with van der Waals surface area (Å²) in [5, 5.41) is 5.74. The lowest BCUT2D eigenvalue weighted by Crippen LogP contribution is -2.40. The molecular formula is C15H23FN4O3S. The highest BCUT2D eigenvalue weighted by atomic mass is 32.2. The van der Waals surface area contributed by atoms with Gasteiger partial charge in [0.15, 0.2) is 15.8 Å². The van der Waals surface area contributed by atoms with Crippen LogP contribution in [0.5, 0.6) is 0 Å². The molecular weight excluding hydrogens is 335 g/mol. The summed E-state index contributed by atoms with van der Waals surface area (Å²) < 4.78 is 37.9. The van der Waals surface area contributed by atoms with Crippen molar-refractivity contribution in [3.05, 3.63) is 30.1 Å². The number of guanidine groups is 1. The maximum absolute atomic E-state index is 13.6. The molecule has 0 heterocycles. The minimum atomic E-state index is -3.74. The number of nitrogens with one attached hydrogen (secondary N) is 2. The molecule has 9 heteroatoms. The second kappa shape index (κ2) is 9.21. The normalized spacial score (nSPS) is 11.9. The van der Waals surface area contributed by atoms with E-state index in [9.17, 15) is 17.6 Å². The summed E-state index contributed by atoms with van der Waals surface area (Å²) in [6, 6.07) is 5.25. The quantitative estimate of drug-likeness (QED) is 0.538. The number of carbonyl (C=O) groups is 1. The van der Waals surface area contributed by atoms with Gasteiger partial charge in [-0.25, -0.2) is 17.8 Å². The van der Waals surface area contributed by atoms with Gasteiger partial charge in [-0.05, 0) is 19.1 Å². The molecule has 24 heavy (non-hydrogen) atoms. The van der Waals surface area contributed by atoms with Gasteiger partial charge in [0.25, 0.3) is 0 Å². The Kier molecular flexibility index (Phi) is 7.63. The van der Waals surface area contributed by atoms with Crippen molar-refractivity contribution in [2.24, 2.45) is 4.99 Å². The van der Waals surface area contributed by atoms with Gasteiger partial charge in [-0.2, -0.15) is 0 Å². The van der Waals surface area contributed by atoms with Crippen LogP contribution in [0.15, 0.2) is 34.2 Å². The van der Waals surface area contributed by atoms with Crippen molar-refractivity contribution in [1.29, 1.82) is 0 Å². The Morgan fingerprint density at radius 2 is 1.92 bits per heavy atom. The summed E-state index contributed by atoms with van der Waals surface area (Å²) in [6.07, 6.45) is 0. The van der Waals surface area contributed by atoms with E-state index in [0.29, 0.717) is 12.5 Å². The van der Waals surface area contributed by atoms with Gasteiger partial charge in [-0.3, -0.25) is 4.79 Å². The molecule has 134 valence electrons. The average molecular weight is 358 g/mol. The summed E-state index contributed by atoms with van der Waals surface area (Å²) >= 11 is 0. The second-order valence-electron chi connectivity index (χ2n) is 5.16. The summed E-state index contributed by atoms with van der Waals surface area (Å²) in [5.74, 6) is -0.905. The van der Waals surface area contributed by atoms with Gasteiger partial charge in [-0.15, -0.1) is 0 Å². The number of carbonyl (C=O) groups excluding carboxylic acids is 1. The number of sulfone groups is 1. The van der Waals surface area contributed by atoms with Gasteiger partial charge in [0.05, 0.1) is 5.75 Å². The third kappa shape index (κ3) is 6.15. The fourth-order valence-corrected chi connectivity index (χ4v) is 2.98. The van der Waals surface area contributed by atoms with Crippen LogP contribution in [0.2, 0.25) is 0 Å². The maximum atomic E-state index is 13.6. The zero-order valence-corrected chi connectivity index (χ0v) is 14.9. The fourth-order valence-electron chi connectivity index (χ4n) is 1.74. The van der Waals surface area contributed by atoms with E-state index in [1.165, 1.54) is 23.1 Å². The Morgan fingerprint density at radius 1 is 1.25 bits per heavy atom. The Morgan fingerprint density at radius 3 is 2.50 bits per heavy atom. The third-order valence-electron chi connectivity index (χ3n) is 3.05. The molecule has 0 atom stereocenters. The van der Waals surface area contributed by atoms with E-state index in [-0.39, 0.29) is 29.6 Å². The van der Waals surface area contributed by atoms with Gasteiger partial charge in [0.1, 0.15) is 17.3 Å². The molecule has 0 spiro atoms. The first-order valence-electron chi connectivity index (χ1n) is 7.47. The van der Waals surface area contributed by atoms with Crippen LogP contribution in [0.4, 0.5) is 4.39 Å². The number of rotatable bonds is 7. The molecule has 0 saturated carbocycles. The van der Waals surface area contributed by atoms with E-state index in [2.05, 4.69) is 15.6 Å². The minimum Gasteiger partial charge on any atom is -0.357 e. The molecule has 1 aromatic carbocycles. The Hall–Kier alpha value is -2.16. The Labute approximate surface area is 141 Å². The number of likely N-dealkylation sites (N-methyl/N-ethyl adjacent to an activating group) is 1. The zero-order valence-electron chi connectivity index (χ0n) is 14.0. The predicted molar refractivity (Wildman–Crippen MR) is 91.1 cm³/mol. The molecule has 1 amide bonds. The molecule has 0 radical (unpaired) electrons. The van der Waals surface area contributed by atoms with Crippen LogP contribution in [0.1, 0.15) is 6.92 Å². The van der Waals surface area contributed by atoms with Crippen molar-refractivity contribution in [1.82, 2.24) is 15.5 Å². The average Bonchev–Trinajstić information content (AvgIpc) is 2.52. The highest BCUT2D eigenvalue weighted by Crippen LogP contribution is 2.14. The van der Waals surface area contributed by atoms with E-state index < -0.39 is 15.7 Å². The molecule has 0 saturated heterocycles. The summed E-state index contributed by atoms with van der Waals surface area (Å²) in [7, 11) is -0.493. The van der Waals surface area contributed by atoms with Crippen molar-refractivity contribution in [3.8, 4) is 0 Å². The molecule has 0 unspecified atom stereocenters. The van der Waals surface area contributed by atoms with Crippen LogP contribution in [0.25, 0.3) is 0 Å². The molecule has 0 aliphatic carbocycles. The number of hydrogen-bond donors (Lipinski definition) is 2. The van der Waals surface area contributed by atoms with Crippen LogP contribution >= 0.6 is 0 Å². The monoisotopic (exact) mass is 358 g/mol. The minimum absolute atomic E-state index is 0.0403. The first-order valence-corrected chi connectivity index (χ1v) is 9.12. The van der Waals surface area contributed by atoms with Crippen LogP contribution in [0, 0.1) is 5.82 Å². The van der Waals surface area contributed by atoms with Gasteiger partial charge in [0.2, 0.25) is 5.91 Å². The number of halogens is 1. The van der Waals surface area contributed by atoms with E-state index in [1.807, 2.05) is 6.92 Å². The maximum Gasteiger partial charge on any atom is 0.243 e. The van der Waals surface area contributed by atoms with Gasteiger partial charge in [0, 0.05) is 27.2 Å². The molecule has 7 nitrogen and oxygen atoms in total. The fraction of sp³-hybridized carbons (Fsp3) is 0.467. The van der Waals surface area contributed by atoms with E-state index >= 15 is 0 Å². The number of benzene rings is 1. The standard InChI is InChI=1S/C15H23FN4O3S/c1-4-17-15(19-11-14(21)20(2)3)18-9-10-24(22,23)13-8-6-5-7-12(13)16/h5-8H,4,9-11H2,1-3H3,(H2,17,18,19). The highest BCUT2D eigenvalue weighted by Gasteiger charge is 2.18. The van der Waals surface area contributed by atoms with Crippen LogP contribution in [-0.4, -0.2) is 64.7 Å². The molecule has 0 aliphatic rings. The zero-order chi connectivity index (χ0) is 18.2. The van der Waals surface area contributed by atoms with Crippen LogP contribution in [0.3, 0.4) is 0 Å². The van der Waals surface area contributed by atoms with E-state index in [1.54, 1.807) is 14.1 Å². The lowest BCUT2D eigenvalue weighted by Gasteiger charge is -2.13. The van der Waals surface area contributed by atoms with Crippen molar-refractivity contribution >= 4 is 21.7 Å². The predicted octanol–water partition coefficient (Wildman–Crippen LogP) is 0.243. The van der Waals surface area contributed by atoms with Crippen molar-refractivity contribution < 1.29 is 17.6 Å². The molecule has 0 bridgehead atoms. The smallest absolute Gasteiger partial charge is 0.243 e. The van der Waals surface area contributed by atoms with Crippen molar-refractivity contribution in [2.45, 2.75) is 11.8 Å². The van der Waals surface area contributed by atoms with Crippen LogP contribution < -0.4 is 10.6 Å². The molecule has 1 rings (SSSR count). The molecule has 0 fully saturated rings. The van der Waals surface area contributed by atoms with Gasteiger partial charge < -0.3 is 15.5 Å². The summed E-state index contributed by atoms with van der Waals surface area (Å²) in [4.78, 5) is 16.7. The SMILES string of the molecule is CCNC(=NCC(=O)N(C)C)NCCS(=O)(=O)c1ccccc1F. The lowest BCUT2D eigenvalue weighted by atomic mass is 10.3. The summed E-state index contributed by atoms with van der Waals surface area (Å²) in [5.41, 5.74) is 0. The number of amides is 1. The number of nitrogens with zero attached hydrogens (tertiary/aromatic N) is 2.